The summed E-state index contributed by atoms with van der Waals surface area (Å²) in [6.45, 7) is 5.33. The van der Waals surface area contributed by atoms with E-state index in [0.717, 1.165) is 17.1 Å². The molecule has 26 heavy (non-hydrogen) atoms. The Bertz CT molecular complexity index is 741. The quantitative estimate of drug-likeness (QED) is 0.861. The van der Waals surface area contributed by atoms with Gasteiger partial charge in [-0.1, -0.05) is 0 Å². The molecular formula is C18H27N5O3. The Balaban J connectivity index is 1.87. The second-order valence-electron chi connectivity index (χ2n) is 7.59. The first kappa shape index (κ1) is 18.4. The van der Waals surface area contributed by atoms with Crippen molar-refractivity contribution in [3.05, 3.63) is 11.3 Å². The Hall–Kier alpha value is -2.38. The van der Waals surface area contributed by atoms with Crippen molar-refractivity contribution in [3.63, 3.8) is 0 Å². The summed E-state index contributed by atoms with van der Waals surface area (Å²) in [6, 6.07) is 0. The number of anilines is 2. The molecule has 1 aromatic heterocycles. The highest BCUT2D eigenvalue weighted by Gasteiger charge is 2.55. The number of piperidine rings is 1. The smallest absolute Gasteiger partial charge is 0.309 e. The van der Waals surface area contributed by atoms with E-state index in [1.165, 1.54) is 0 Å². The van der Waals surface area contributed by atoms with Crippen molar-refractivity contribution in [3.8, 4) is 0 Å². The molecule has 0 aliphatic carbocycles. The molecule has 2 saturated heterocycles. The molecule has 2 aliphatic rings. The van der Waals surface area contributed by atoms with Crippen LogP contribution in [0.1, 0.15) is 30.5 Å². The number of rotatable bonds is 3. The van der Waals surface area contributed by atoms with E-state index in [0.29, 0.717) is 31.9 Å². The minimum atomic E-state index is -0.875. The Kier molecular flexibility index (Phi) is 4.54. The van der Waals surface area contributed by atoms with Gasteiger partial charge in [0.05, 0.1) is 11.5 Å². The molecule has 2 aliphatic heterocycles. The molecule has 2 fully saturated rings. The van der Waals surface area contributed by atoms with Crippen LogP contribution in [0.5, 0.6) is 0 Å². The molecule has 0 bridgehead atoms. The van der Waals surface area contributed by atoms with Crippen LogP contribution in [-0.2, 0) is 9.59 Å². The fourth-order valence-corrected chi connectivity index (χ4v) is 4.20. The molecule has 8 nitrogen and oxygen atoms in total. The number of nitrogens with zero attached hydrogens (tertiary/aromatic N) is 5. The average Bonchev–Trinajstić information content (AvgIpc) is 2.83. The highest BCUT2D eigenvalue weighted by atomic mass is 16.4. The number of carboxylic acids is 1. The molecule has 3 rings (SSSR count). The van der Waals surface area contributed by atoms with Gasteiger partial charge in [0.25, 0.3) is 0 Å². The van der Waals surface area contributed by atoms with Gasteiger partial charge in [-0.15, -0.1) is 0 Å². The molecule has 1 spiro atoms. The summed E-state index contributed by atoms with van der Waals surface area (Å²) >= 11 is 0. The third-order valence-corrected chi connectivity index (χ3v) is 6.05. The van der Waals surface area contributed by atoms with Gasteiger partial charge in [-0.25, -0.2) is 4.98 Å². The molecule has 1 atom stereocenters. The van der Waals surface area contributed by atoms with Crippen LogP contribution in [0, 0.1) is 19.8 Å². The Morgan fingerprint density at radius 2 is 1.85 bits per heavy atom. The molecule has 0 unspecified atom stereocenters. The topological polar surface area (TPSA) is 89.9 Å². The lowest BCUT2D eigenvalue weighted by Gasteiger charge is -2.46. The number of carboxylic acid groups (broad SMARTS) is 1. The van der Waals surface area contributed by atoms with Gasteiger partial charge < -0.3 is 19.8 Å². The molecular weight excluding hydrogens is 334 g/mol. The van der Waals surface area contributed by atoms with Gasteiger partial charge in [0.15, 0.2) is 0 Å². The molecule has 0 radical (unpaired) electrons. The summed E-state index contributed by atoms with van der Waals surface area (Å²) in [5, 5.41) is 9.61. The largest absolute Gasteiger partial charge is 0.481 e. The lowest BCUT2D eigenvalue weighted by Crippen LogP contribution is -2.56. The SMILES string of the molecule is Cc1nc(N(C)C)nc(N2CCC3(CC2)[C@H](C(=O)O)CC(=O)N3C)c1C. The highest BCUT2D eigenvalue weighted by molar-refractivity contribution is 5.88. The summed E-state index contributed by atoms with van der Waals surface area (Å²) in [5.74, 6) is -0.0162. The minimum absolute atomic E-state index is 0.0743. The number of amides is 1. The van der Waals surface area contributed by atoms with E-state index in [2.05, 4.69) is 9.88 Å². The van der Waals surface area contributed by atoms with Crippen LogP contribution in [0.2, 0.25) is 0 Å². The summed E-state index contributed by atoms with van der Waals surface area (Å²) in [7, 11) is 5.57. The second-order valence-corrected chi connectivity index (χ2v) is 7.59. The summed E-state index contributed by atoms with van der Waals surface area (Å²) < 4.78 is 0. The van der Waals surface area contributed by atoms with Crippen molar-refractivity contribution in [1.29, 1.82) is 0 Å². The number of aryl methyl sites for hydroxylation is 1. The van der Waals surface area contributed by atoms with Gasteiger partial charge in [0, 0.05) is 51.9 Å². The number of aromatic nitrogens is 2. The van der Waals surface area contributed by atoms with Crippen LogP contribution in [0.3, 0.4) is 0 Å². The number of likely N-dealkylation sites (tertiary alicyclic amines) is 1. The van der Waals surface area contributed by atoms with Crippen LogP contribution in [0.4, 0.5) is 11.8 Å². The van der Waals surface area contributed by atoms with E-state index in [1.807, 2.05) is 32.8 Å². The maximum Gasteiger partial charge on any atom is 0.309 e. The summed E-state index contributed by atoms with van der Waals surface area (Å²) in [5.41, 5.74) is 1.40. The fraction of sp³-hybridized carbons (Fsp3) is 0.667. The lowest BCUT2D eigenvalue weighted by atomic mass is 9.77. The molecule has 0 saturated carbocycles. The van der Waals surface area contributed by atoms with E-state index in [9.17, 15) is 14.7 Å². The first-order valence-corrected chi connectivity index (χ1v) is 8.94. The van der Waals surface area contributed by atoms with Crippen molar-refractivity contribution in [1.82, 2.24) is 14.9 Å². The first-order valence-electron chi connectivity index (χ1n) is 8.94. The predicted molar refractivity (Wildman–Crippen MR) is 98.5 cm³/mol. The molecule has 8 heteroatoms. The molecule has 1 N–H and O–H groups in total. The number of carbonyl (C=O) groups excluding carboxylic acids is 1. The van der Waals surface area contributed by atoms with E-state index < -0.39 is 17.4 Å². The minimum Gasteiger partial charge on any atom is -0.481 e. The van der Waals surface area contributed by atoms with Crippen LogP contribution >= 0.6 is 0 Å². The summed E-state index contributed by atoms with van der Waals surface area (Å²) in [6.07, 6.45) is 1.36. The number of hydrogen-bond donors (Lipinski definition) is 1. The standard InChI is InChI=1S/C18H27N5O3/c1-11-12(2)19-17(21(3)4)20-15(11)23-8-6-18(7-9-23)13(16(25)26)10-14(24)22(18)5/h13H,6-10H2,1-5H3,(H,25,26)/t13-/m0/s1. The normalized spacial score (nSPS) is 22.2. The zero-order valence-corrected chi connectivity index (χ0v) is 16.1. The van der Waals surface area contributed by atoms with Crippen molar-refractivity contribution in [2.24, 2.45) is 5.92 Å². The maximum absolute atomic E-state index is 12.2. The first-order chi connectivity index (χ1) is 12.2. The van der Waals surface area contributed by atoms with Crippen molar-refractivity contribution in [2.45, 2.75) is 38.6 Å². The van der Waals surface area contributed by atoms with E-state index >= 15 is 0 Å². The van der Waals surface area contributed by atoms with Crippen molar-refractivity contribution < 1.29 is 14.7 Å². The van der Waals surface area contributed by atoms with Crippen LogP contribution in [0.25, 0.3) is 0 Å². The van der Waals surface area contributed by atoms with Crippen LogP contribution in [0.15, 0.2) is 0 Å². The fourth-order valence-electron chi connectivity index (χ4n) is 4.20. The molecule has 142 valence electrons. The maximum atomic E-state index is 12.2. The third kappa shape index (κ3) is 2.77. The average molecular weight is 361 g/mol. The van der Waals surface area contributed by atoms with Crippen LogP contribution < -0.4 is 9.80 Å². The van der Waals surface area contributed by atoms with Gasteiger partial charge >= 0.3 is 5.97 Å². The number of hydrogen-bond acceptors (Lipinski definition) is 6. The van der Waals surface area contributed by atoms with Gasteiger partial charge in [-0.2, -0.15) is 4.98 Å². The molecule has 3 heterocycles. The monoisotopic (exact) mass is 361 g/mol. The van der Waals surface area contributed by atoms with Gasteiger partial charge in [0.2, 0.25) is 11.9 Å². The Morgan fingerprint density at radius 1 is 1.23 bits per heavy atom. The van der Waals surface area contributed by atoms with Gasteiger partial charge in [-0.3, -0.25) is 9.59 Å². The Morgan fingerprint density at radius 3 is 2.38 bits per heavy atom. The molecule has 0 aromatic carbocycles. The van der Waals surface area contributed by atoms with Gasteiger partial charge in [0.1, 0.15) is 5.82 Å². The third-order valence-electron chi connectivity index (χ3n) is 6.05. The second kappa shape index (κ2) is 6.41. The zero-order valence-electron chi connectivity index (χ0n) is 16.1. The van der Waals surface area contributed by atoms with Crippen molar-refractivity contribution >= 4 is 23.6 Å². The predicted octanol–water partition coefficient (Wildman–Crippen LogP) is 1.06. The zero-order chi connectivity index (χ0) is 19.2. The summed E-state index contributed by atoms with van der Waals surface area (Å²) in [4.78, 5) is 38.8. The molecule has 1 aromatic rings. The lowest BCUT2D eigenvalue weighted by molar-refractivity contribution is -0.145. The molecule has 1 amide bonds. The number of carbonyl (C=O) groups is 2. The van der Waals surface area contributed by atoms with E-state index in [-0.39, 0.29) is 12.3 Å². The Labute approximate surface area is 153 Å². The highest BCUT2D eigenvalue weighted by Crippen LogP contribution is 2.43. The van der Waals surface area contributed by atoms with E-state index in [4.69, 9.17) is 4.98 Å². The van der Waals surface area contributed by atoms with Crippen molar-refractivity contribution in [2.75, 3.05) is 44.0 Å². The van der Waals surface area contributed by atoms with E-state index in [1.54, 1.807) is 11.9 Å². The van der Waals surface area contributed by atoms with Crippen LogP contribution in [-0.4, -0.2) is 71.6 Å². The van der Waals surface area contributed by atoms with Gasteiger partial charge in [-0.05, 0) is 26.7 Å². The number of aliphatic carboxylic acids is 1.